The molecule has 2 aromatic rings. The highest BCUT2D eigenvalue weighted by atomic mass is 16.1. The van der Waals surface area contributed by atoms with Gasteiger partial charge in [-0.15, -0.1) is 10.2 Å². The summed E-state index contributed by atoms with van der Waals surface area (Å²) in [6.45, 7) is 9.91. The van der Waals surface area contributed by atoms with E-state index in [4.69, 9.17) is 0 Å². The lowest BCUT2D eigenvalue weighted by Gasteiger charge is -2.25. The zero-order valence-electron chi connectivity index (χ0n) is 17.4. The Kier molecular flexibility index (Phi) is 5.36. The fourth-order valence-electron chi connectivity index (χ4n) is 4.33. The molecule has 0 N–H and O–H groups in total. The van der Waals surface area contributed by atoms with E-state index in [9.17, 15) is 4.79 Å². The van der Waals surface area contributed by atoms with Crippen molar-refractivity contribution in [2.24, 2.45) is 0 Å². The Morgan fingerprint density at radius 3 is 2.75 bits per heavy atom. The van der Waals surface area contributed by atoms with E-state index >= 15 is 0 Å². The predicted octanol–water partition coefficient (Wildman–Crippen LogP) is 2.52. The van der Waals surface area contributed by atoms with Gasteiger partial charge in [0, 0.05) is 30.5 Å². The van der Waals surface area contributed by atoms with Crippen molar-refractivity contribution in [2.45, 2.75) is 90.4 Å². The molecule has 0 radical (unpaired) electrons. The van der Waals surface area contributed by atoms with Crippen molar-refractivity contribution < 1.29 is 0 Å². The Balaban J connectivity index is 1.51. The highest BCUT2D eigenvalue weighted by molar-refractivity contribution is 5.10. The lowest BCUT2D eigenvalue weighted by atomic mass is 9.92. The summed E-state index contributed by atoms with van der Waals surface area (Å²) < 4.78 is 3.99. The van der Waals surface area contributed by atoms with Gasteiger partial charge in [0.25, 0.3) is 5.56 Å². The van der Waals surface area contributed by atoms with Gasteiger partial charge in [-0.25, -0.2) is 4.68 Å². The number of rotatable bonds is 4. The van der Waals surface area contributed by atoms with Gasteiger partial charge >= 0.3 is 0 Å². The lowest BCUT2D eigenvalue weighted by molar-refractivity contribution is 0.208. The number of nitrogens with zero attached hydrogens (tertiary/aromatic N) is 6. The maximum absolute atomic E-state index is 12.4. The van der Waals surface area contributed by atoms with E-state index in [1.807, 2.05) is 6.07 Å². The summed E-state index contributed by atoms with van der Waals surface area (Å²) in [6, 6.07) is 3.83. The van der Waals surface area contributed by atoms with Gasteiger partial charge in [-0.1, -0.05) is 27.2 Å². The molecule has 1 saturated heterocycles. The lowest BCUT2D eigenvalue weighted by Crippen LogP contribution is -2.38. The molecule has 152 valence electrons. The first-order valence-electron chi connectivity index (χ1n) is 10.7. The molecular weight excluding hydrogens is 352 g/mol. The SMILES string of the molecule is CC(C)(C)c1ccc(=O)n(CC2CCCN2Cc2nnc3n2CCCCC3)n1. The van der Waals surface area contributed by atoms with Crippen molar-refractivity contribution >= 4 is 0 Å². The van der Waals surface area contributed by atoms with Gasteiger partial charge in [0.05, 0.1) is 18.8 Å². The van der Waals surface area contributed by atoms with Gasteiger partial charge in [0.1, 0.15) is 11.6 Å². The van der Waals surface area contributed by atoms with Crippen molar-refractivity contribution in [3.63, 3.8) is 0 Å². The Morgan fingerprint density at radius 2 is 1.93 bits per heavy atom. The molecule has 7 heteroatoms. The first kappa shape index (κ1) is 19.3. The van der Waals surface area contributed by atoms with Gasteiger partial charge in [0.2, 0.25) is 0 Å². The summed E-state index contributed by atoms with van der Waals surface area (Å²) in [6.07, 6.45) is 6.97. The average Bonchev–Trinajstić information content (AvgIpc) is 3.16. The molecule has 2 aliphatic rings. The maximum atomic E-state index is 12.4. The van der Waals surface area contributed by atoms with Crippen LogP contribution >= 0.6 is 0 Å². The second-order valence-electron chi connectivity index (χ2n) is 9.25. The minimum atomic E-state index is -0.0656. The molecule has 0 saturated carbocycles. The number of hydrogen-bond acceptors (Lipinski definition) is 5. The van der Waals surface area contributed by atoms with E-state index in [1.165, 1.54) is 19.3 Å². The van der Waals surface area contributed by atoms with E-state index in [0.717, 1.165) is 56.2 Å². The molecule has 0 aliphatic carbocycles. The summed E-state index contributed by atoms with van der Waals surface area (Å²) in [7, 11) is 0. The first-order chi connectivity index (χ1) is 13.4. The van der Waals surface area contributed by atoms with Gasteiger partial charge in [-0.3, -0.25) is 9.69 Å². The Bertz CT molecular complexity index is 878. The number of aromatic nitrogens is 5. The summed E-state index contributed by atoms with van der Waals surface area (Å²) >= 11 is 0. The van der Waals surface area contributed by atoms with Crippen molar-refractivity contribution in [1.29, 1.82) is 0 Å². The van der Waals surface area contributed by atoms with Crippen LogP contribution in [-0.4, -0.2) is 42.0 Å². The van der Waals surface area contributed by atoms with Crippen LogP contribution in [0.2, 0.25) is 0 Å². The van der Waals surface area contributed by atoms with Crippen LogP contribution in [0.4, 0.5) is 0 Å². The second kappa shape index (κ2) is 7.78. The molecule has 0 bridgehead atoms. The molecule has 0 spiro atoms. The number of hydrogen-bond donors (Lipinski definition) is 0. The van der Waals surface area contributed by atoms with E-state index in [2.05, 4.69) is 45.5 Å². The standard InChI is InChI=1S/C21H32N6O/c1-21(2,3)17-10-11-20(28)27(24-17)14-16-8-7-12-25(16)15-19-23-22-18-9-5-4-6-13-26(18)19/h10-11,16H,4-9,12-15H2,1-3H3. The summed E-state index contributed by atoms with van der Waals surface area (Å²) in [4.78, 5) is 14.9. The van der Waals surface area contributed by atoms with Crippen LogP contribution in [0.5, 0.6) is 0 Å². The highest BCUT2D eigenvalue weighted by Gasteiger charge is 2.28. The minimum absolute atomic E-state index is 0.0174. The van der Waals surface area contributed by atoms with Crippen molar-refractivity contribution in [3.8, 4) is 0 Å². The van der Waals surface area contributed by atoms with Crippen LogP contribution in [0.3, 0.4) is 0 Å². The first-order valence-corrected chi connectivity index (χ1v) is 10.7. The predicted molar refractivity (Wildman–Crippen MR) is 108 cm³/mol. The molecule has 7 nitrogen and oxygen atoms in total. The van der Waals surface area contributed by atoms with Crippen LogP contribution in [0.1, 0.15) is 70.2 Å². The molecule has 1 atom stereocenters. The molecule has 2 aliphatic heterocycles. The molecule has 4 heterocycles. The smallest absolute Gasteiger partial charge is 0.266 e. The maximum Gasteiger partial charge on any atom is 0.266 e. The fourth-order valence-corrected chi connectivity index (χ4v) is 4.33. The van der Waals surface area contributed by atoms with E-state index in [0.29, 0.717) is 12.6 Å². The van der Waals surface area contributed by atoms with Crippen LogP contribution in [0.25, 0.3) is 0 Å². The molecule has 1 unspecified atom stereocenters. The minimum Gasteiger partial charge on any atom is -0.314 e. The quantitative estimate of drug-likeness (QED) is 0.810. The number of aryl methyl sites for hydroxylation is 1. The second-order valence-corrected chi connectivity index (χ2v) is 9.25. The number of fused-ring (bicyclic) bond motifs is 1. The Hall–Kier alpha value is -2.02. The van der Waals surface area contributed by atoms with Gasteiger partial charge in [-0.05, 0) is 38.3 Å². The van der Waals surface area contributed by atoms with Crippen LogP contribution in [0, 0.1) is 0 Å². The average molecular weight is 385 g/mol. The summed E-state index contributed by atoms with van der Waals surface area (Å²) in [5.41, 5.74) is 0.875. The molecular formula is C21H32N6O. The van der Waals surface area contributed by atoms with Crippen molar-refractivity contribution in [3.05, 3.63) is 39.8 Å². The fraction of sp³-hybridized carbons (Fsp3) is 0.714. The molecule has 0 aromatic carbocycles. The molecule has 0 amide bonds. The third kappa shape index (κ3) is 4.04. The van der Waals surface area contributed by atoms with Gasteiger partial charge in [0.15, 0.2) is 0 Å². The van der Waals surface area contributed by atoms with E-state index < -0.39 is 0 Å². The summed E-state index contributed by atoms with van der Waals surface area (Å²) in [5.74, 6) is 2.21. The normalized spacial score (nSPS) is 20.9. The van der Waals surface area contributed by atoms with Crippen LogP contribution in [0.15, 0.2) is 16.9 Å². The Labute approximate surface area is 166 Å². The van der Waals surface area contributed by atoms with Crippen molar-refractivity contribution in [1.82, 2.24) is 29.4 Å². The highest BCUT2D eigenvalue weighted by Crippen LogP contribution is 2.23. The van der Waals surface area contributed by atoms with E-state index in [1.54, 1.807) is 10.7 Å². The van der Waals surface area contributed by atoms with Gasteiger partial charge in [-0.2, -0.15) is 5.10 Å². The number of likely N-dealkylation sites (tertiary alicyclic amines) is 1. The molecule has 28 heavy (non-hydrogen) atoms. The van der Waals surface area contributed by atoms with E-state index in [-0.39, 0.29) is 11.0 Å². The van der Waals surface area contributed by atoms with Gasteiger partial charge < -0.3 is 4.57 Å². The zero-order chi connectivity index (χ0) is 19.7. The summed E-state index contributed by atoms with van der Waals surface area (Å²) in [5, 5.41) is 13.6. The van der Waals surface area contributed by atoms with Crippen LogP contribution in [-0.2, 0) is 31.5 Å². The third-order valence-electron chi connectivity index (χ3n) is 6.05. The van der Waals surface area contributed by atoms with Crippen LogP contribution < -0.4 is 5.56 Å². The molecule has 4 rings (SSSR count). The zero-order valence-corrected chi connectivity index (χ0v) is 17.4. The topological polar surface area (TPSA) is 68.8 Å². The molecule has 2 aromatic heterocycles. The Morgan fingerprint density at radius 1 is 1.07 bits per heavy atom. The third-order valence-corrected chi connectivity index (χ3v) is 6.05. The van der Waals surface area contributed by atoms with Crippen molar-refractivity contribution in [2.75, 3.05) is 6.54 Å². The monoisotopic (exact) mass is 384 g/mol. The largest absolute Gasteiger partial charge is 0.314 e. The molecule has 1 fully saturated rings.